The molecule has 0 aliphatic rings. The summed E-state index contributed by atoms with van der Waals surface area (Å²) in [4.78, 5) is 10.4. The quantitative estimate of drug-likeness (QED) is 0.584. The molecule has 0 heterocycles. The van der Waals surface area contributed by atoms with Crippen LogP contribution in [-0.4, -0.2) is 4.92 Å². The Balaban J connectivity index is 3.00. The van der Waals surface area contributed by atoms with E-state index < -0.39 is 0 Å². The van der Waals surface area contributed by atoms with Crippen LogP contribution in [-0.2, 0) is 5.41 Å². The van der Waals surface area contributed by atoms with Crippen molar-refractivity contribution in [3.63, 3.8) is 0 Å². The molecule has 0 radical (unpaired) electrons. The Bertz CT molecular complexity index is 425. The highest BCUT2D eigenvalue weighted by Gasteiger charge is 2.13. The predicted molar refractivity (Wildman–Crippen MR) is 70.4 cm³/mol. The Morgan fingerprint density at radius 1 is 1.29 bits per heavy atom. The summed E-state index contributed by atoms with van der Waals surface area (Å²) in [7, 11) is 0. The van der Waals surface area contributed by atoms with E-state index in [1.54, 1.807) is 13.0 Å². The Labute approximate surface area is 102 Å². The van der Waals surface area contributed by atoms with E-state index in [1.807, 2.05) is 24.3 Å². The van der Waals surface area contributed by atoms with Gasteiger partial charge in [-0.15, -0.1) is 0 Å². The smallest absolute Gasteiger partial charge is 0.246 e. The molecule has 0 bridgehead atoms. The monoisotopic (exact) mass is 233 g/mol. The van der Waals surface area contributed by atoms with Gasteiger partial charge in [0, 0.05) is 12.5 Å². The maximum absolute atomic E-state index is 10.7. The molecule has 17 heavy (non-hydrogen) atoms. The van der Waals surface area contributed by atoms with Crippen molar-refractivity contribution in [2.24, 2.45) is 0 Å². The first-order valence-electron chi connectivity index (χ1n) is 5.80. The molecular weight excluding hydrogens is 214 g/mol. The highest BCUT2D eigenvalue weighted by atomic mass is 16.6. The Kier molecular flexibility index (Phi) is 4.05. The van der Waals surface area contributed by atoms with E-state index in [0.29, 0.717) is 6.42 Å². The fourth-order valence-corrected chi connectivity index (χ4v) is 1.56. The largest absolute Gasteiger partial charge is 0.259 e. The predicted octanol–water partition coefficient (Wildman–Crippen LogP) is 4.01. The first-order chi connectivity index (χ1) is 7.84. The number of nitrogens with zero attached hydrogens (tertiary/aromatic N) is 1. The maximum Gasteiger partial charge on any atom is 0.246 e. The molecule has 1 rings (SSSR count). The molecule has 0 N–H and O–H groups in total. The molecule has 0 aliphatic carbocycles. The zero-order chi connectivity index (χ0) is 13.1. The molecule has 92 valence electrons. The van der Waals surface area contributed by atoms with Gasteiger partial charge in [-0.2, -0.15) is 0 Å². The topological polar surface area (TPSA) is 43.1 Å². The van der Waals surface area contributed by atoms with Crippen LogP contribution in [0.15, 0.2) is 30.0 Å². The summed E-state index contributed by atoms with van der Waals surface area (Å²) < 4.78 is 0. The van der Waals surface area contributed by atoms with Gasteiger partial charge in [0.15, 0.2) is 0 Å². The zero-order valence-corrected chi connectivity index (χ0v) is 10.9. The van der Waals surface area contributed by atoms with Gasteiger partial charge < -0.3 is 0 Å². The Morgan fingerprint density at radius 3 is 2.18 bits per heavy atom. The fourth-order valence-electron chi connectivity index (χ4n) is 1.56. The van der Waals surface area contributed by atoms with E-state index >= 15 is 0 Å². The molecule has 0 unspecified atom stereocenters. The van der Waals surface area contributed by atoms with E-state index in [0.717, 1.165) is 5.56 Å². The second-order valence-electron chi connectivity index (χ2n) is 5.12. The summed E-state index contributed by atoms with van der Waals surface area (Å²) in [5.41, 5.74) is 2.47. The van der Waals surface area contributed by atoms with Crippen LogP contribution < -0.4 is 0 Å². The Morgan fingerprint density at radius 2 is 1.82 bits per heavy atom. The van der Waals surface area contributed by atoms with Gasteiger partial charge >= 0.3 is 0 Å². The normalized spacial score (nSPS) is 12.6. The van der Waals surface area contributed by atoms with Crippen LogP contribution in [0.4, 0.5) is 0 Å². The molecule has 1 aromatic carbocycles. The van der Waals surface area contributed by atoms with E-state index in [9.17, 15) is 10.1 Å². The lowest BCUT2D eigenvalue weighted by molar-refractivity contribution is -0.425. The zero-order valence-electron chi connectivity index (χ0n) is 10.9. The molecule has 0 saturated carbocycles. The minimum Gasteiger partial charge on any atom is -0.259 e. The standard InChI is InChI=1S/C14H19NO2/c1-5-13(15(16)17)10-11-6-8-12(9-7-11)14(2,3)4/h6-10H,5H2,1-4H3. The molecule has 0 spiro atoms. The second-order valence-corrected chi connectivity index (χ2v) is 5.12. The number of allylic oxidation sites excluding steroid dienone is 1. The third-order valence-corrected chi connectivity index (χ3v) is 2.71. The lowest BCUT2D eigenvalue weighted by Gasteiger charge is -2.18. The van der Waals surface area contributed by atoms with Gasteiger partial charge in [-0.3, -0.25) is 10.1 Å². The second kappa shape index (κ2) is 5.13. The maximum atomic E-state index is 10.7. The van der Waals surface area contributed by atoms with Crippen LogP contribution in [0.1, 0.15) is 45.2 Å². The van der Waals surface area contributed by atoms with Gasteiger partial charge in [0.05, 0.1) is 4.92 Å². The molecule has 0 aromatic heterocycles. The summed E-state index contributed by atoms with van der Waals surface area (Å²) in [5.74, 6) is 0. The summed E-state index contributed by atoms with van der Waals surface area (Å²) in [6, 6.07) is 7.91. The van der Waals surface area contributed by atoms with Crippen molar-refractivity contribution in [2.45, 2.75) is 39.5 Å². The average Bonchev–Trinajstić information content (AvgIpc) is 2.25. The van der Waals surface area contributed by atoms with Crippen LogP contribution in [0.5, 0.6) is 0 Å². The lowest BCUT2D eigenvalue weighted by Crippen LogP contribution is -2.10. The molecular formula is C14H19NO2. The number of hydrogen-bond acceptors (Lipinski definition) is 2. The summed E-state index contributed by atoms with van der Waals surface area (Å²) in [6.45, 7) is 8.23. The van der Waals surface area contributed by atoms with Crippen molar-refractivity contribution in [1.82, 2.24) is 0 Å². The SMILES string of the molecule is CCC(=Cc1ccc(C(C)(C)C)cc1)[N+](=O)[O-]. The minimum atomic E-state index is -0.322. The molecule has 1 aromatic rings. The van der Waals surface area contributed by atoms with Crippen LogP contribution in [0.2, 0.25) is 0 Å². The summed E-state index contributed by atoms with van der Waals surface area (Å²) in [6.07, 6.45) is 2.07. The van der Waals surface area contributed by atoms with E-state index in [4.69, 9.17) is 0 Å². The molecule has 3 heteroatoms. The van der Waals surface area contributed by atoms with Crippen LogP contribution >= 0.6 is 0 Å². The van der Waals surface area contributed by atoms with Gasteiger partial charge in [-0.1, -0.05) is 52.0 Å². The van der Waals surface area contributed by atoms with Gasteiger partial charge in [0.2, 0.25) is 5.70 Å². The first kappa shape index (κ1) is 13.4. The highest BCUT2D eigenvalue weighted by Crippen LogP contribution is 2.23. The van der Waals surface area contributed by atoms with Crippen molar-refractivity contribution in [3.05, 3.63) is 51.2 Å². The molecule has 0 amide bonds. The molecule has 0 fully saturated rings. The molecule has 0 atom stereocenters. The van der Waals surface area contributed by atoms with Gasteiger partial charge in [0.1, 0.15) is 0 Å². The van der Waals surface area contributed by atoms with Crippen LogP contribution in [0.3, 0.4) is 0 Å². The Hall–Kier alpha value is -1.64. The fraction of sp³-hybridized carbons (Fsp3) is 0.429. The van der Waals surface area contributed by atoms with Crippen molar-refractivity contribution in [1.29, 1.82) is 0 Å². The first-order valence-corrected chi connectivity index (χ1v) is 5.80. The number of rotatable bonds is 3. The van der Waals surface area contributed by atoms with Gasteiger partial charge in [0.25, 0.3) is 0 Å². The minimum absolute atomic E-state index is 0.110. The third-order valence-electron chi connectivity index (χ3n) is 2.71. The van der Waals surface area contributed by atoms with Crippen LogP contribution in [0, 0.1) is 10.1 Å². The number of benzene rings is 1. The van der Waals surface area contributed by atoms with Gasteiger partial charge in [-0.25, -0.2) is 0 Å². The molecule has 3 nitrogen and oxygen atoms in total. The average molecular weight is 233 g/mol. The van der Waals surface area contributed by atoms with Crippen molar-refractivity contribution < 1.29 is 4.92 Å². The molecule has 0 saturated heterocycles. The number of nitro groups is 1. The third kappa shape index (κ3) is 3.70. The van der Waals surface area contributed by atoms with E-state index in [2.05, 4.69) is 20.8 Å². The van der Waals surface area contributed by atoms with Crippen molar-refractivity contribution >= 4 is 6.08 Å². The van der Waals surface area contributed by atoms with Gasteiger partial charge in [-0.05, 0) is 16.5 Å². The van der Waals surface area contributed by atoms with Crippen LogP contribution in [0.25, 0.3) is 6.08 Å². The highest BCUT2D eigenvalue weighted by molar-refractivity contribution is 5.51. The van der Waals surface area contributed by atoms with E-state index in [-0.39, 0.29) is 16.0 Å². The van der Waals surface area contributed by atoms with Crippen molar-refractivity contribution in [2.75, 3.05) is 0 Å². The lowest BCUT2D eigenvalue weighted by atomic mass is 9.86. The number of hydrogen-bond donors (Lipinski definition) is 0. The van der Waals surface area contributed by atoms with E-state index in [1.165, 1.54) is 5.56 Å². The summed E-state index contributed by atoms with van der Waals surface area (Å²) >= 11 is 0. The van der Waals surface area contributed by atoms with Crippen molar-refractivity contribution in [3.8, 4) is 0 Å². The molecule has 0 aliphatic heterocycles. The summed E-state index contributed by atoms with van der Waals surface area (Å²) in [5, 5.41) is 10.7.